The summed E-state index contributed by atoms with van der Waals surface area (Å²) in [5, 5.41) is 3.91. The molecule has 24 heavy (non-hydrogen) atoms. The SMILES string of the molecule is C=CCOc1ccc(Br)cc1C(=O)NN=CC=Cc1ccccc1. The van der Waals surface area contributed by atoms with Gasteiger partial charge in [-0.05, 0) is 29.8 Å². The van der Waals surface area contributed by atoms with E-state index in [1.807, 2.05) is 36.4 Å². The van der Waals surface area contributed by atoms with E-state index >= 15 is 0 Å². The Morgan fingerprint density at radius 1 is 1.25 bits per heavy atom. The predicted molar refractivity (Wildman–Crippen MR) is 101 cm³/mol. The minimum atomic E-state index is -0.347. The molecule has 0 aliphatic heterocycles. The van der Waals surface area contributed by atoms with E-state index in [2.05, 4.69) is 33.0 Å². The van der Waals surface area contributed by atoms with Gasteiger partial charge in [0.15, 0.2) is 0 Å². The Morgan fingerprint density at radius 2 is 2.04 bits per heavy atom. The first-order valence-electron chi connectivity index (χ1n) is 7.29. The lowest BCUT2D eigenvalue weighted by atomic mass is 10.2. The molecule has 0 heterocycles. The fourth-order valence-corrected chi connectivity index (χ4v) is 2.23. The molecule has 0 saturated carbocycles. The van der Waals surface area contributed by atoms with Gasteiger partial charge in [-0.3, -0.25) is 4.79 Å². The van der Waals surface area contributed by atoms with Gasteiger partial charge in [0, 0.05) is 10.7 Å². The molecule has 0 aromatic heterocycles. The number of carbonyl (C=O) groups is 1. The fraction of sp³-hybridized carbons (Fsp3) is 0.0526. The lowest BCUT2D eigenvalue weighted by molar-refractivity contribution is 0.0951. The molecule has 2 aromatic rings. The number of hydrazone groups is 1. The molecule has 0 bridgehead atoms. The maximum Gasteiger partial charge on any atom is 0.275 e. The first-order valence-corrected chi connectivity index (χ1v) is 8.08. The zero-order valence-electron chi connectivity index (χ0n) is 13.0. The molecule has 1 amide bonds. The molecule has 0 saturated heterocycles. The highest BCUT2D eigenvalue weighted by molar-refractivity contribution is 9.10. The predicted octanol–water partition coefficient (Wildman–Crippen LogP) is 4.44. The van der Waals surface area contributed by atoms with E-state index in [-0.39, 0.29) is 5.91 Å². The molecule has 2 aromatic carbocycles. The Hall–Kier alpha value is -2.66. The summed E-state index contributed by atoms with van der Waals surface area (Å²) in [4.78, 5) is 12.2. The maximum absolute atomic E-state index is 12.2. The largest absolute Gasteiger partial charge is 0.489 e. The molecule has 0 atom stereocenters. The number of ether oxygens (including phenoxy) is 1. The number of rotatable bonds is 7. The molecule has 2 rings (SSSR count). The zero-order valence-corrected chi connectivity index (χ0v) is 14.6. The van der Waals surface area contributed by atoms with Gasteiger partial charge in [0.05, 0.1) is 5.56 Å². The minimum absolute atomic E-state index is 0.324. The molecule has 5 heteroatoms. The number of halogens is 1. The van der Waals surface area contributed by atoms with E-state index in [4.69, 9.17) is 4.74 Å². The number of nitrogens with zero attached hydrogens (tertiary/aromatic N) is 1. The van der Waals surface area contributed by atoms with Gasteiger partial charge in [-0.2, -0.15) is 5.10 Å². The van der Waals surface area contributed by atoms with Gasteiger partial charge in [0.25, 0.3) is 5.91 Å². The summed E-state index contributed by atoms with van der Waals surface area (Å²) >= 11 is 3.35. The highest BCUT2D eigenvalue weighted by Gasteiger charge is 2.12. The van der Waals surface area contributed by atoms with Gasteiger partial charge >= 0.3 is 0 Å². The smallest absolute Gasteiger partial charge is 0.275 e. The average Bonchev–Trinajstić information content (AvgIpc) is 2.61. The Morgan fingerprint density at radius 3 is 2.79 bits per heavy atom. The van der Waals surface area contributed by atoms with Crippen molar-refractivity contribution >= 4 is 34.1 Å². The van der Waals surface area contributed by atoms with Crippen molar-refractivity contribution in [1.29, 1.82) is 0 Å². The van der Waals surface area contributed by atoms with Gasteiger partial charge in [-0.25, -0.2) is 5.43 Å². The molecule has 1 N–H and O–H groups in total. The van der Waals surface area contributed by atoms with Crippen LogP contribution in [0, 0.1) is 0 Å². The third-order valence-electron chi connectivity index (χ3n) is 2.96. The van der Waals surface area contributed by atoms with Crippen LogP contribution in [0.2, 0.25) is 0 Å². The second-order valence-corrected chi connectivity index (χ2v) is 5.64. The normalized spacial score (nSPS) is 10.9. The van der Waals surface area contributed by atoms with E-state index in [0.717, 1.165) is 10.0 Å². The number of hydrogen-bond acceptors (Lipinski definition) is 3. The van der Waals surface area contributed by atoms with E-state index in [9.17, 15) is 4.79 Å². The van der Waals surface area contributed by atoms with Gasteiger partial charge in [-0.15, -0.1) is 0 Å². The third kappa shape index (κ3) is 5.52. The summed E-state index contributed by atoms with van der Waals surface area (Å²) < 4.78 is 6.27. The lowest BCUT2D eigenvalue weighted by Gasteiger charge is -2.09. The van der Waals surface area contributed by atoms with Gasteiger partial charge in [-0.1, -0.05) is 65.0 Å². The molecular formula is C19H17BrN2O2. The highest BCUT2D eigenvalue weighted by atomic mass is 79.9. The van der Waals surface area contributed by atoms with Crippen molar-refractivity contribution in [1.82, 2.24) is 5.43 Å². The van der Waals surface area contributed by atoms with Gasteiger partial charge < -0.3 is 4.74 Å². The van der Waals surface area contributed by atoms with Gasteiger partial charge in [0.2, 0.25) is 0 Å². The van der Waals surface area contributed by atoms with Crippen molar-refractivity contribution in [2.45, 2.75) is 0 Å². The van der Waals surface area contributed by atoms with Crippen LogP contribution in [0.25, 0.3) is 6.08 Å². The van der Waals surface area contributed by atoms with Crippen LogP contribution in [0.5, 0.6) is 5.75 Å². The van der Waals surface area contributed by atoms with Crippen LogP contribution in [0.1, 0.15) is 15.9 Å². The van der Waals surface area contributed by atoms with Crippen LogP contribution < -0.4 is 10.2 Å². The number of hydrogen-bond donors (Lipinski definition) is 1. The zero-order chi connectivity index (χ0) is 17.2. The van der Waals surface area contributed by atoms with Crippen molar-refractivity contribution in [3.63, 3.8) is 0 Å². The molecule has 0 spiro atoms. The van der Waals surface area contributed by atoms with Crippen LogP contribution in [-0.4, -0.2) is 18.7 Å². The summed E-state index contributed by atoms with van der Waals surface area (Å²) in [7, 11) is 0. The number of amides is 1. The first kappa shape index (κ1) is 17.7. The van der Waals surface area contributed by atoms with Crippen LogP contribution in [0.4, 0.5) is 0 Å². The second kappa shape index (κ2) is 9.47. The van der Waals surface area contributed by atoms with E-state index in [0.29, 0.717) is 17.9 Å². The lowest BCUT2D eigenvalue weighted by Crippen LogP contribution is -2.18. The number of carbonyl (C=O) groups excluding carboxylic acids is 1. The molecule has 0 radical (unpaired) electrons. The van der Waals surface area contributed by atoms with E-state index in [1.54, 1.807) is 30.4 Å². The van der Waals surface area contributed by atoms with Crippen LogP contribution >= 0.6 is 15.9 Å². The van der Waals surface area contributed by atoms with Gasteiger partial charge in [0.1, 0.15) is 12.4 Å². The number of nitrogens with one attached hydrogen (secondary N) is 1. The average molecular weight is 385 g/mol. The van der Waals surface area contributed by atoms with E-state index in [1.165, 1.54) is 6.21 Å². The Bertz CT molecular complexity index is 755. The summed E-state index contributed by atoms with van der Waals surface area (Å²) in [6.07, 6.45) is 6.79. The molecule has 0 aliphatic carbocycles. The molecule has 4 nitrogen and oxygen atoms in total. The number of allylic oxidation sites excluding steroid dienone is 1. The quantitative estimate of drug-likeness (QED) is 0.435. The van der Waals surface area contributed by atoms with Crippen molar-refractivity contribution in [3.8, 4) is 5.75 Å². The molecule has 0 aliphatic rings. The summed E-state index contributed by atoms with van der Waals surface area (Å²) in [5.41, 5.74) is 3.94. The molecular weight excluding hydrogens is 368 g/mol. The minimum Gasteiger partial charge on any atom is -0.489 e. The van der Waals surface area contributed by atoms with Crippen molar-refractivity contribution < 1.29 is 9.53 Å². The number of benzene rings is 2. The monoisotopic (exact) mass is 384 g/mol. The Kier molecular flexibility index (Phi) is 6.98. The topological polar surface area (TPSA) is 50.7 Å². The first-order chi connectivity index (χ1) is 11.7. The fourth-order valence-electron chi connectivity index (χ4n) is 1.87. The van der Waals surface area contributed by atoms with Crippen LogP contribution in [-0.2, 0) is 0 Å². The molecule has 0 fully saturated rings. The van der Waals surface area contributed by atoms with Crippen molar-refractivity contribution in [3.05, 3.63) is 82.9 Å². The molecule has 122 valence electrons. The van der Waals surface area contributed by atoms with Crippen LogP contribution in [0.15, 0.2) is 76.8 Å². The standard InChI is InChI=1S/C19H17BrN2O2/c1-2-13-24-18-11-10-16(20)14-17(18)19(23)22-21-12-6-9-15-7-4-3-5-8-15/h2-12,14H,1,13H2,(H,22,23). The highest BCUT2D eigenvalue weighted by Crippen LogP contribution is 2.23. The van der Waals surface area contributed by atoms with Crippen molar-refractivity contribution in [2.24, 2.45) is 5.10 Å². The third-order valence-corrected chi connectivity index (χ3v) is 3.45. The van der Waals surface area contributed by atoms with Crippen LogP contribution in [0.3, 0.4) is 0 Å². The summed E-state index contributed by atoms with van der Waals surface area (Å²) in [6, 6.07) is 15.0. The Balaban J connectivity index is 1.99. The summed E-state index contributed by atoms with van der Waals surface area (Å²) in [6.45, 7) is 3.92. The van der Waals surface area contributed by atoms with Crippen molar-refractivity contribution in [2.75, 3.05) is 6.61 Å². The summed E-state index contributed by atoms with van der Waals surface area (Å²) in [5.74, 6) is 0.130. The van der Waals surface area contributed by atoms with E-state index < -0.39 is 0 Å². The second-order valence-electron chi connectivity index (χ2n) is 4.73. The maximum atomic E-state index is 12.2. The Labute approximate surface area is 149 Å². The molecule has 0 unspecified atom stereocenters.